The first-order valence-electron chi connectivity index (χ1n) is 9.83. The molecule has 1 spiro atoms. The molecule has 0 bridgehead atoms. The molecule has 2 saturated heterocycles. The number of ether oxygens (including phenoxy) is 1. The zero-order valence-corrected chi connectivity index (χ0v) is 15.6. The molecule has 1 saturated carbocycles. The Bertz CT molecular complexity index is 834. The maximum absolute atomic E-state index is 13.0. The SMILES string of the molecule is Cc1cc(C(=O)N2CC(c3nncn3CC3CC3)C3(CCOCC3)C2)no1. The first-order valence-corrected chi connectivity index (χ1v) is 9.83. The average Bonchev–Trinajstić information content (AvgIpc) is 3.03. The molecule has 0 N–H and O–H groups in total. The minimum Gasteiger partial charge on any atom is -0.381 e. The van der Waals surface area contributed by atoms with Gasteiger partial charge in [-0.05, 0) is 38.5 Å². The molecule has 2 aromatic heterocycles. The summed E-state index contributed by atoms with van der Waals surface area (Å²) in [6.45, 7) is 5.62. The van der Waals surface area contributed by atoms with Crippen molar-refractivity contribution in [2.75, 3.05) is 26.3 Å². The van der Waals surface area contributed by atoms with Gasteiger partial charge in [0.1, 0.15) is 17.9 Å². The smallest absolute Gasteiger partial charge is 0.276 e. The van der Waals surface area contributed by atoms with Gasteiger partial charge in [0, 0.05) is 50.2 Å². The summed E-state index contributed by atoms with van der Waals surface area (Å²) in [6.07, 6.45) is 6.31. The third-order valence-electron chi connectivity index (χ3n) is 6.38. The van der Waals surface area contributed by atoms with Crippen LogP contribution >= 0.6 is 0 Å². The molecule has 8 heteroatoms. The predicted octanol–water partition coefficient (Wildman–Crippen LogP) is 2.02. The highest BCUT2D eigenvalue weighted by molar-refractivity contribution is 5.92. The Hall–Kier alpha value is -2.22. The maximum atomic E-state index is 13.0. The summed E-state index contributed by atoms with van der Waals surface area (Å²) in [6, 6.07) is 1.71. The molecule has 27 heavy (non-hydrogen) atoms. The van der Waals surface area contributed by atoms with Crippen LogP contribution in [0, 0.1) is 18.3 Å². The van der Waals surface area contributed by atoms with E-state index in [0.717, 1.165) is 44.3 Å². The Labute approximate surface area is 157 Å². The van der Waals surface area contributed by atoms with E-state index < -0.39 is 0 Å². The van der Waals surface area contributed by atoms with Crippen LogP contribution in [0.5, 0.6) is 0 Å². The molecule has 3 fully saturated rings. The van der Waals surface area contributed by atoms with Crippen LogP contribution in [-0.2, 0) is 11.3 Å². The van der Waals surface area contributed by atoms with E-state index in [-0.39, 0.29) is 17.2 Å². The highest BCUT2D eigenvalue weighted by Gasteiger charge is 2.51. The second kappa shape index (κ2) is 6.44. The van der Waals surface area contributed by atoms with Crippen LogP contribution in [0.1, 0.15) is 53.7 Å². The molecule has 1 unspecified atom stereocenters. The lowest BCUT2D eigenvalue weighted by Crippen LogP contribution is -2.38. The van der Waals surface area contributed by atoms with Gasteiger partial charge in [-0.2, -0.15) is 0 Å². The number of rotatable bonds is 4. The monoisotopic (exact) mass is 371 g/mol. The van der Waals surface area contributed by atoms with Crippen LogP contribution < -0.4 is 0 Å². The molecular weight excluding hydrogens is 346 g/mol. The molecule has 4 heterocycles. The van der Waals surface area contributed by atoms with Crippen LogP contribution in [-0.4, -0.2) is 57.0 Å². The van der Waals surface area contributed by atoms with Gasteiger partial charge in [0.2, 0.25) is 0 Å². The van der Waals surface area contributed by atoms with Crippen LogP contribution in [0.25, 0.3) is 0 Å². The van der Waals surface area contributed by atoms with Crippen molar-refractivity contribution in [2.24, 2.45) is 11.3 Å². The summed E-state index contributed by atoms with van der Waals surface area (Å²) in [5, 5.41) is 12.6. The van der Waals surface area contributed by atoms with E-state index in [0.29, 0.717) is 24.5 Å². The zero-order chi connectivity index (χ0) is 18.4. The quantitative estimate of drug-likeness (QED) is 0.817. The fraction of sp³-hybridized carbons (Fsp3) is 0.684. The highest BCUT2D eigenvalue weighted by Crippen LogP contribution is 2.49. The maximum Gasteiger partial charge on any atom is 0.276 e. The fourth-order valence-corrected chi connectivity index (χ4v) is 4.65. The highest BCUT2D eigenvalue weighted by atomic mass is 16.5. The van der Waals surface area contributed by atoms with E-state index in [2.05, 4.69) is 19.9 Å². The van der Waals surface area contributed by atoms with Gasteiger partial charge in [-0.25, -0.2) is 0 Å². The molecular formula is C19H25N5O3. The zero-order valence-electron chi connectivity index (χ0n) is 15.6. The van der Waals surface area contributed by atoms with E-state index in [9.17, 15) is 4.79 Å². The topological polar surface area (TPSA) is 86.3 Å². The molecule has 2 aromatic rings. The van der Waals surface area contributed by atoms with Gasteiger partial charge in [0.25, 0.3) is 5.91 Å². The third-order valence-corrected chi connectivity index (χ3v) is 6.38. The minimum absolute atomic E-state index is 0.00102. The van der Waals surface area contributed by atoms with Gasteiger partial charge in [0.15, 0.2) is 5.69 Å². The van der Waals surface area contributed by atoms with Crippen molar-refractivity contribution in [3.05, 3.63) is 29.7 Å². The molecule has 1 aliphatic carbocycles. The molecule has 8 nitrogen and oxygen atoms in total. The van der Waals surface area contributed by atoms with Crippen LogP contribution in [0.15, 0.2) is 16.9 Å². The summed E-state index contributed by atoms with van der Waals surface area (Å²) >= 11 is 0. The average molecular weight is 371 g/mol. The van der Waals surface area contributed by atoms with Crippen LogP contribution in [0.2, 0.25) is 0 Å². The molecule has 144 valence electrons. The predicted molar refractivity (Wildman–Crippen MR) is 95.1 cm³/mol. The first-order chi connectivity index (χ1) is 13.1. The number of aryl methyl sites for hydroxylation is 1. The Morgan fingerprint density at radius 2 is 2.15 bits per heavy atom. The lowest BCUT2D eigenvalue weighted by molar-refractivity contribution is 0.0106. The summed E-state index contributed by atoms with van der Waals surface area (Å²) in [4.78, 5) is 14.9. The number of hydrogen-bond donors (Lipinski definition) is 0. The van der Waals surface area contributed by atoms with Crippen molar-refractivity contribution in [3.63, 3.8) is 0 Å². The van der Waals surface area contributed by atoms with Gasteiger partial charge in [-0.15, -0.1) is 10.2 Å². The number of aromatic nitrogens is 4. The Kier molecular flexibility index (Phi) is 4.03. The van der Waals surface area contributed by atoms with E-state index in [4.69, 9.17) is 9.26 Å². The van der Waals surface area contributed by atoms with E-state index in [1.165, 1.54) is 12.8 Å². The standard InChI is InChI=1S/C19H25N5O3/c1-13-8-16(22-27-13)18(25)23-10-15(19(11-23)4-6-26-7-5-19)17-21-20-12-24(17)9-14-2-3-14/h8,12,14-15H,2-7,9-11H2,1H3. The molecule has 1 atom stereocenters. The number of likely N-dealkylation sites (tertiary alicyclic amines) is 1. The molecule has 0 aromatic carbocycles. The Balaban J connectivity index is 1.45. The second-order valence-corrected chi connectivity index (χ2v) is 8.32. The number of carbonyl (C=O) groups excluding carboxylic acids is 1. The Morgan fingerprint density at radius 1 is 1.33 bits per heavy atom. The van der Waals surface area contributed by atoms with E-state index in [1.54, 1.807) is 13.0 Å². The number of hydrogen-bond acceptors (Lipinski definition) is 6. The molecule has 0 radical (unpaired) electrons. The minimum atomic E-state index is -0.0616. The van der Waals surface area contributed by atoms with Crippen molar-refractivity contribution >= 4 is 5.91 Å². The van der Waals surface area contributed by atoms with Crippen LogP contribution in [0.3, 0.4) is 0 Å². The van der Waals surface area contributed by atoms with Crippen molar-refractivity contribution < 1.29 is 14.1 Å². The Morgan fingerprint density at radius 3 is 2.85 bits per heavy atom. The molecule has 2 aliphatic heterocycles. The van der Waals surface area contributed by atoms with Crippen molar-refractivity contribution in [2.45, 2.75) is 45.1 Å². The summed E-state index contributed by atoms with van der Waals surface area (Å²) < 4.78 is 13.0. The van der Waals surface area contributed by atoms with Crippen molar-refractivity contribution in [3.8, 4) is 0 Å². The second-order valence-electron chi connectivity index (χ2n) is 8.32. The summed E-state index contributed by atoms with van der Waals surface area (Å²) in [5.74, 6) is 2.55. The normalized spacial score (nSPS) is 24.6. The lowest BCUT2D eigenvalue weighted by Gasteiger charge is -2.37. The van der Waals surface area contributed by atoms with Gasteiger partial charge in [-0.1, -0.05) is 5.16 Å². The summed E-state index contributed by atoms with van der Waals surface area (Å²) in [5.41, 5.74) is 0.385. The lowest BCUT2D eigenvalue weighted by atomic mass is 9.71. The van der Waals surface area contributed by atoms with Crippen molar-refractivity contribution in [1.29, 1.82) is 0 Å². The van der Waals surface area contributed by atoms with Gasteiger partial charge < -0.3 is 18.7 Å². The first kappa shape index (κ1) is 16.9. The fourth-order valence-electron chi connectivity index (χ4n) is 4.65. The van der Waals surface area contributed by atoms with Gasteiger partial charge >= 0.3 is 0 Å². The van der Waals surface area contributed by atoms with E-state index in [1.807, 2.05) is 11.2 Å². The molecule has 5 rings (SSSR count). The number of nitrogens with zero attached hydrogens (tertiary/aromatic N) is 5. The number of carbonyl (C=O) groups is 1. The van der Waals surface area contributed by atoms with Crippen LogP contribution in [0.4, 0.5) is 0 Å². The molecule has 1 amide bonds. The summed E-state index contributed by atoms with van der Waals surface area (Å²) in [7, 11) is 0. The van der Waals surface area contributed by atoms with Gasteiger partial charge in [0.05, 0.1) is 0 Å². The van der Waals surface area contributed by atoms with E-state index >= 15 is 0 Å². The van der Waals surface area contributed by atoms with Crippen molar-refractivity contribution in [1.82, 2.24) is 24.8 Å². The molecule has 3 aliphatic rings. The largest absolute Gasteiger partial charge is 0.381 e. The third kappa shape index (κ3) is 3.05. The number of amides is 1. The van der Waals surface area contributed by atoms with Gasteiger partial charge in [-0.3, -0.25) is 4.79 Å².